The zero-order valence-corrected chi connectivity index (χ0v) is 12.2. The fraction of sp³-hybridized carbons (Fsp3) is 0.176. The average molecular weight is 299 g/mol. The van der Waals surface area contributed by atoms with Gasteiger partial charge in [-0.05, 0) is 29.2 Å². The predicted octanol–water partition coefficient (Wildman–Crippen LogP) is 2.97. The summed E-state index contributed by atoms with van der Waals surface area (Å²) < 4.78 is 5.21. The molecule has 0 aliphatic heterocycles. The third-order valence-electron chi connectivity index (χ3n) is 3.12. The highest BCUT2D eigenvalue weighted by atomic mass is 16.5. The number of imide groups is 1. The third kappa shape index (κ3) is 4.43. The quantitative estimate of drug-likeness (QED) is 0.890. The second-order valence-corrected chi connectivity index (χ2v) is 4.86. The highest BCUT2D eigenvalue weighted by Crippen LogP contribution is 2.24. The van der Waals surface area contributed by atoms with E-state index < -0.39 is 12.0 Å². The number of hydrogen-bond acceptors (Lipinski definition) is 3. The van der Waals surface area contributed by atoms with Crippen molar-refractivity contribution < 1.29 is 19.4 Å². The minimum atomic E-state index is -1.38. The first-order valence-corrected chi connectivity index (χ1v) is 6.82. The molecule has 114 valence electrons. The van der Waals surface area contributed by atoms with E-state index in [4.69, 9.17) is 9.84 Å². The van der Waals surface area contributed by atoms with Crippen LogP contribution in [0.5, 0.6) is 0 Å². The fourth-order valence-electron chi connectivity index (χ4n) is 2.17. The Kier molecular flexibility index (Phi) is 5.27. The number of rotatable bonds is 5. The normalized spacial score (nSPS) is 10.2. The molecule has 2 aromatic carbocycles. The number of nitrogens with one attached hydrogen (secondary N) is 1. The summed E-state index contributed by atoms with van der Waals surface area (Å²) >= 11 is 0. The molecule has 2 aromatic rings. The van der Waals surface area contributed by atoms with Gasteiger partial charge in [-0.15, -0.1) is 0 Å². The highest BCUT2D eigenvalue weighted by Gasteiger charge is 2.06. The zero-order valence-electron chi connectivity index (χ0n) is 12.2. The van der Waals surface area contributed by atoms with Crippen molar-refractivity contribution in [3.05, 3.63) is 59.7 Å². The van der Waals surface area contributed by atoms with Crippen LogP contribution in [0.1, 0.15) is 11.1 Å². The van der Waals surface area contributed by atoms with Gasteiger partial charge < -0.3 is 9.84 Å². The summed E-state index contributed by atoms with van der Waals surface area (Å²) in [7, 11) is 0. The van der Waals surface area contributed by atoms with E-state index >= 15 is 0 Å². The van der Waals surface area contributed by atoms with Crippen molar-refractivity contribution in [3.63, 3.8) is 0 Å². The van der Waals surface area contributed by atoms with Crippen LogP contribution < -0.4 is 5.32 Å². The van der Waals surface area contributed by atoms with E-state index in [9.17, 15) is 9.59 Å². The molecular formula is C17H17NO4. The summed E-state index contributed by atoms with van der Waals surface area (Å²) in [5.41, 5.74) is 4.34. The molecule has 0 aliphatic rings. The number of carbonyl (C=O) groups excluding carboxylic acids is 1. The average Bonchev–Trinajstić information content (AvgIpc) is 2.47. The maximum atomic E-state index is 11.1. The zero-order chi connectivity index (χ0) is 15.9. The van der Waals surface area contributed by atoms with Gasteiger partial charge in [-0.25, -0.2) is 4.79 Å². The second kappa shape index (κ2) is 7.38. The Bertz CT molecular complexity index is 668. The van der Waals surface area contributed by atoms with Gasteiger partial charge >= 0.3 is 6.09 Å². The lowest BCUT2D eigenvalue weighted by atomic mass is 9.99. The molecule has 0 saturated carbocycles. The number of carboxylic acid groups (broad SMARTS) is 1. The van der Waals surface area contributed by atoms with E-state index in [0.717, 1.165) is 22.3 Å². The summed E-state index contributed by atoms with van der Waals surface area (Å²) in [6.07, 6.45) is -1.38. The van der Waals surface area contributed by atoms with Gasteiger partial charge in [0.25, 0.3) is 5.91 Å². The molecule has 0 bridgehead atoms. The molecule has 0 fully saturated rings. The number of aryl methyl sites for hydroxylation is 1. The van der Waals surface area contributed by atoms with E-state index in [-0.39, 0.29) is 13.2 Å². The first kappa shape index (κ1) is 15.7. The van der Waals surface area contributed by atoms with Gasteiger partial charge in [0.05, 0.1) is 6.61 Å². The van der Waals surface area contributed by atoms with Gasteiger partial charge in [0.1, 0.15) is 6.61 Å². The maximum absolute atomic E-state index is 11.1. The summed E-state index contributed by atoms with van der Waals surface area (Å²) in [5.74, 6) is -0.676. The maximum Gasteiger partial charge on any atom is 0.411 e. The van der Waals surface area contributed by atoms with Crippen LogP contribution in [0.3, 0.4) is 0 Å². The lowest BCUT2D eigenvalue weighted by Crippen LogP contribution is -2.31. The molecule has 0 unspecified atom stereocenters. The molecular weight excluding hydrogens is 282 g/mol. The fourth-order valence-corrected chi connectivity index (χ4v) is 2.17. The Hall–Kier alpha value is -2.66. The Morgan fingerprint density at radius 1 is 1.14 bits per heavy atom. The van der Waals surface area contributed by atoms with Crippen molar-refractivity contribution in [1.29, 1.82) is 0 Å². The summed E-state index contributed by atoms with van der Waals surface area (Å²) in [6.45, 7) is 1.98. The first-order chi connectivity index (χ1) is 10.6. The van der Waals surface area contributed by atoms with Gasteiger partial charge in [-0.3, -0.25) is 10.1 Å². The molecule has 2 rings (SSSR count). The van der Waals surface area contributed by atoms with Gasteiger partial charge in [0, 0.05) is 0 Å². The van der Waals surface area contributed by atoms with Crippen molar-refractivity contribution in [1.82, 2.24) is 5.32 Å². The minimum Gasteiger partial charge on any atom is -0.465 e. The molecule has 5 heteroatoms. The van der Waals surface area contributed by atoms with E-state index in [1.165, 1.54) is 0 Å². The van der Waals surface area contributed by atoms with E-state index in [1.54, 1.807) is 5.32 Å². The van der Waals surface area contributed by atoms with Crippen molar-refractivity contribution in [2.75, 3.05) is 6.61 Å². The smallest absolute Gasteiger partial charge is 0.411 e. The Morgan fingerprint density at radius 2 is 1.86 bits per heavy atom. The molecule has 2 N–H and O–H groups in total. The number of amides is 2. The van der Waals surface area contributed by atoms with Gasteiger partial charge in [-0.1, -0.05) is 48.5 Å². The van der Waals surface area contributed by atoms with Crippen LogP contribution >= 0.6 is 0 Å². The summed E-state index contributed by atoms with van der Waals surface area (Å²) in [4.78, 5) is 21.4. The number of ether oxygens (including phenoxy) is 1. The molecule has 0 heterocycles. The SMILES string of the molecule is Cc1cc(COCC(=O)NC(=O)O)ccc1-c1ccccc1. The molecule has 0 atom stereocenters. The molecule has 0 spiro atoms. The number of benzene rings is 2. The molecule has 22 heavy (non-hydrogen) atoms. The van der Waals surface area contributed by atoms with Crippen molar-refractivity contribution >= 4 is 12.0 Å². The molecule has 0 saturated heterocycles. The Balaban J connectivity index is 1.96. The molecule has 0 aromatic heterocycles. The van der Waals surface area contributed by atoms with Crippen molar-refractivity contribution in [3.8, 4) is 11.1 Å². The third-order valence-corrected chi connectivity index (χ3v) is 3.12. The number of hydrogen-bond donors (Lipinski definition) is 2. The largest absolute Gasteiger partial charge is 0.465 e. The molecule has 0 aliphatic carbocycles. The topological polar surface area (TPSA) is 75.6 Å². The van der Waals surface area contributed by atoms with E-state index in [2.05, 4.69) is 12.1 Å². The van der Waals surface area contributed by atoms with Crippen LogP contribution in [0.2, 0.25) is 0 Å². The highest BCUT2D eigenvalue weighted by molar-refractivity contribution is 5.91. The monoisotopic (exact) mass is 299 g/mol. The van der Waals surface area contributed by atoms with Crippen LogP contribution in [0.15, 0.2) is 48.5 Å². The molecule has 0 radical (unpaired) electrons. The van der Waals surface area contributed by atoms with Crippen molar-refractivity contribution in [2.24, 2.45) is 0 Å². The lowest BCUT2D eigenvalue weighted by molar-refractivity contribution is -0.125. The van der Waals surface area contributed by atoms with Crippen LogP contribution in [0.25, 0.3) is 11.1 Å². The van der Waals surface area contributed by atoms with Crippen LogP contribution in [-0.2, 0) is 16.1 Å². The Morgan fingerprint density at radius 3 is 2.50 bits per heavy atom. The van der Waals surface area contributed by atoms with Gasteiger partial charge in [-0.2, -0.15) is 0 Å². The summed E-state index contributed by atoms with van der Waals surface area (Å²) in [6, 6.07) is 16.0. The van der Waals surface area contributed by atoms with E-state index in [1.807, 2.05) is 43.3 Å². The first-order valence-electron chi connectivity index (χ1n) is 6.82. The number of carbonyl (C=O) groups is 2. The van der Waals surface area contributed by atoms with Gasteiger partial charge in [0.2, 0.25) is 0 Å². The Labute approximate surface area is 128 Å². The van der Waals surface area contributed by atoms with Crippen LogP contribution in [0.4, 0.5) is 4.79 Å². The lowest BCUT2D eigenvalue weighted by Gasteiger charge is -2.09. The van der Waals surface area contributed by atoms with Gasteiger partial charge in [0.15, 0.2) is 0 Å². The molecule has 2 amide bonds. The van der Waals surface area contributed by atoms with Crippen LogP contribution in [0, 0.1) is 6.92 Å². The second-order valence-electron chi connectivity index (χ2n) is 4.86. The van der Waals surface area contributed by atoms with Crippen molar-refractivity contribution in [2.45, 2.75) is 13.5 Å². The van der Waals surface area contributed by atoms with Crippen LogP contribution in [-0.4, -0.2) is 23.7 Å². The predicted molar refractivity (Wildman–Crippen MR) is 82.4 cm³/mol. The summed E-state index contributed by atoms with van der Waals surface area (Å²) in [5, 5.41) is 10.1. The minimum absolute atomic E-state index is 0.253. The molecule has 5 nitrogen and oxygen atoms in total. The van der Waals surface area contributed by atoms with E-state index in [0.29, 0.717) is 0 Å². The standard InChI is InChI=1S/C17H17NO4/c1-12-9-13(10-22-11-16(19)18-17(20)21)7-8-15(12)14-5-3-2-4-6-14/h2-9H,10-11H2,1H3,(H,18,19)(H,20,21).